The first-order valence-electron chi connectivity index (χ1n) is 6.08. The number of hydrogen-bond donors (Lipinski definition) is 1. The normalized spacial score (nSPS) is 11.3. The lowest BCUT2D eigenvalue weighted by molar-refractivity contribution is 0.506. The van der Waals surface area contributed by atoms with E-state index in [-0.39, 0.29) is 24.4 Å². The molecule has 1 heterocycles. The summed E-state index contributed by atoms with van der Waals surface area (Å²) in [5.74, 6) is -1.77. The monoisotopic (exact) mass is 301 g/mol. The summed E-state index contributed by atoms with van der Waals surface area (Å²) >= 11 is 0. The van der Waals surface area contributed by atoms with Gasteiger partial charge in [0, 0.05) is 18.0 Å². The number of benzene rings is 1. The summed E-state index contributed by atoms with van der Waals surface area (Å²) in [6, 6.07) is 5.58. The first-order chi connectivity index (χ1) is 8.82. The van der Waals surface area contributed by atoms with Crippen molar-refractivity contribution in [2.24, 2.45) is 5.73 Å². The van der Waals surface area contributed by atoms with Gasteiger partial charge in [-0.15, -0.1) is 12.4 Å². The van der Waals surface area contributed by atoms with E-state index in [2.05, 4.69) is 5.10 Å². The average molecular weight is 302 g/mol. The van der Waals surface area contributed by atoms with Crippen molar-refractivity contribution in [1.29, 1.82) is 0 Å². The third kappa shape index (κ3) is 3.16. The molecular formula is C14H18ClF2N3. The molecule has 1 aromatic heterocycles. The Morgan fingerprint density at radius 3 is 2.30 bits per heavy atom. The van der Waals surface area contributed by atoms with Gasteiger partial charge in [-0.25, -0.2) is 13.5 Å². The van der Waals surface area contributed by atoms with Crippen LogP contribution in [0.25, 0.3) is 5.69 Å². The second-order valence-electron chi connectivity index (χ2n) is 5.49. The van der Waals surface area contributed by atoms with E-state index in [0.717, 1.165) is 23.5 Å². The molecule has 20 heavy (non-hydrogen) atoms. The molecule has 0 radical (unpaired) electrons. The highest BCUT2D eigenvalue weighted by Crippen LogP contribution is 2.24. The minimum atomic E-state index is -0.895. The summed E-state index contributed by atoms with van der Waals surface area (Å²) in [4.78, 5) is 0. The Labute approximate surface area is 123 Å². The molecule has 0 fully saturated rings. The van der Waals surface area contributed by atoms with E-state index in [1.807, 2.05) is 26.8 Å². The smallest absolute Gasteiger partial charge is 0.160 e. The van der Waals surface area contributed by atoms with Crippen molar-refractivity contribution in [2.75, 3.05) is 0 Å². The predicted octanol–water partition coefficient (Wildman–Crippen LogP) is 3.33. The molecule has 0 aliphatic heterocycles. The predicted molar refractivity (Wildman–Crippen MR) is 77.3 cm³/mol. The van der Waals surface area contributed by atoms with Crippen molar-refractivity contribution in [3.63, 3.8) is 0 Å². The molecule has 0 saturated carbocycles. The molecule has 1 aromatic carbocycles. The van der Waals surface area contributed by atoms with E-state index in [4.69, 9.17) is 5.73 Å². The maximum absolute atomic E-state index is 13.3. The Morgan fingerprint density at radius 1 is 1.15 bits per heavy atom. The third-order valence-corrected chi connectivity index (χ3v) is 2.91. The van der Waals surface area contributed by atoms with Crippen LogP contribution in [-0.2, 0) is 12.0 Å². The Bertz CT molecular complexity index is 603. The van der Waals surface area contributed by atoms with Gasteiger partial charge in [-0.1, -0.05) is 20.8 Å². The summed E-state index contributed by atoms with van der Waals surface area (Å²) in [6.07, 6.45) is 0. The topological polar surface area (TPSA) is 43.8 Å². The first-order valence-corrected chi connectivity index (χ1v) is 6.08. The Balaban J connectivity index is 0.00000200. The van der Waals surface area contributed by atoms with E-state index in [1.54, 1.807) is 4.68 Å². The van der Waals surface area contributed by atoms with Crippen LogP contribution in [0.15, 0.2) is 24.3 Å². The number of hydrogen-bond acceptors (Lipinski definition) is 2. The van der Waals surface area contributed by atoms with Gasteiger partial charge < -0.3 is 5.73 Å². The molecule has 110 valence electrons. The van der Waals surface area contributed by atoms with E-state index in [9.17, 15) is 8.78 Å². The lowest BCUT2D eigenvalue weighted by Crippen LogP contribution is -2.12. The Hall–Kier alpha value is -1.46. The fraction of sp³-hybridized carbons (Fsp3) is 0.357. The van der Waals surface area contributed by atoms with Gasteiger partial charge in [0.25, 0.3) is 0 Å². The summed E-state index contributed by atoms with van der Waals surface area (Å²) in [6.45, 7) is 6.38. The van der Waals surface area contributed by atoms with Gasteiger partial charge in [0.05, 0.1) is 17.1 Å². The molecule has 0 aliphatic rings. The number of rotatable bonds is 2. The van der Waals surface area contributed by atoms with Gasteiger partial charge >= 0.3 is 0 Å². The summed E-state index contributed by atoms with van der Waals surface area (Å²) in [7, 11) is 0. The maximum Gasteiger partial charge on any atom is 0.160 e. The highest BCUT2D eigenvalue weighted by molar-refractivity contribution is 5.85. The highest BCUT2D eigenvalue weighted by atomic mass is 35.5. The number of nitrogens with two attached hydrogens (primary N) is 1. The van der Waals surface area contributed by atoms with Crippen LogP contribution < -0.4 is 5.73 Å². The van der Waals surface area contributed by atoms with Crippen LogP contribution in [0.2, 0.25) is 0 Å². The molecule has 0 aliphatic carbocycles. The molecule has 2 aromatic rings. The molecule has 2 rings (SSSR count). The molecule has 2 N–H and O–H groups in total. The summed E-state index contributed by atoms with van der Waals surface area (Å²) in [5.41, 5.74) is 7.64. The molecule has 3 nitrogen and oxygen atoms in total. The minimum Gasteiger partial charge on any atom is -0.325 e. The van der Waals surface area contributed by atoms with Gasteiger partial charge in [0.2, 0.25) is 0 Å². The van der Waals surface area contributed by atoms with Crippen molar-refractivity contribution in [3.05, 3.63) is 47.3 Å². The van der Waals surface area contributed by atoms with Gasteiger partial charge in [-0.3, -0.25) is 0 Å². The zero-order valence-electron chi connectivity index (χ0n) is 11.7. The summed E-state index contributed by atoms with van der Waals surface area (Å²) in [5, 5.41) is 4.44. The molecule has 0 spiro atoms. The average Bonchev–Trinajstić information content (AvgIpc) is 2.76. The second-order valence-corrected chi connectivity index (χ2v) is 5.49. The van der Waals surface area contributed by atoms with Crippen LogP contribution in [0, 0.1) is 11.6 Å². The van der Waals surface area contributed by atoms with Gasteiger partial charge in [0.15, 0.2) is 11.6 Å². The molecule has 0 unspecified atom stereocenters. The van der Waals surface area contributed by atoms with E-state index in [1.165, 1.54) is 6.07 Å². The van der Waals surface area contributed by atoms with Crippen molar-refractivity contribution in [1.82, 2.24) is 9.78 Å². The lowest BCUT2D eigenvalue weighted by atomic mass is 9.92. The van der Waals surface area contributed by atoms with Gasteiger partial charge in [0.1, 0.15) is 0 Å². The second kappa shape index (κ2) is 5.89. The zero-order chi connectivity index (χ0) is 14.2. The standard InChI is InChI=1S/C14H17F2N3.ClH/c1-14(2,3)13-7-10(8-17)19(18-13)9-4-5-11(15)12(16)6-9;/h4-7H,8,17H2,1-3H3;1H. The van der Waals surface area contributed by atoms with Crippen LogP contribution in [0.1, 0.15) is 32.2 Å². The SMILES string of the molecule is CC(C)(C)c1cc(CN)n(-c2ccc(F)c(F)c2)n1.Cl. The van der Waals surface area contributed by atoms with Crippen molar-refractivity contribution >= 4 is 12.4 Å². The van der Waals surface area contributed by atoms with Crippen molar-refractivity contribution in [3.8, 4) is 5.69 Å². The molecule has 0 atom stereocenters. The fourth-order valence-electron chi connectivity index (χ4n) is 1.77. The largest absolute Gasteiger partial charge is 0.325 e. The van der Waals surface area contributed by atoms with Crippen LogP contribution in [0.5, 0.6) is 0 Å². The minimum absolute atomic E-state index is 0. The maximum atomic E-state index is 13.3. The zero-order valence-corrected chi connectivity index (χ0v) is 12.5. The van der Waals surface area contributed by atoms with Crippen molar-refractivity contribution in [2.45, 2.75) is 32.7 Å². The summed E-state index contributed by atoms with van der Waals surface area (Å²) < 4.78 is 27.8. The number of nitrogens with zero attached hydrogens (tertiary/aromatic N) is 2. The molecular weight excluding hydrogens is 284 g/mol. The Kier molecular flexibility index (Phi) is 4.89. The Morgan fingerprint density at radius 2 is 1.80 bits per heavy atom. The lowest BCUT2D eigenvalue weighted by Gasteiger charge is -2.14. The van der Waals surface area contributed by atoms with Gasteiger partial charge in [-0.05, 0) is 18.2 Å². The molecule has 0 bridgehead atoms. The van der Waals surface area contributed by atoms with Crippen LogP contribution in [0.4, 0.5) is 8.78 Å². The number of halogens is 3. The first kappa shape index (κ1) is 16.6. The van der Waals surface area contributed by atoms with E-state index >= 15 is 0 Å². The van der Waals surface area contributed by atoms with Crippen molar-refractivity contribution < 1.29 is 8.78 Å². The van der Waals surface area contributed by atoms with Gasteiger partial charge in [-0.2, -0.15) is 5.10 Å². The van der Waals surface area contributed by atoms with Crippen LogP contribution >= 0.6 is 12.4 Å². The van der Waals surface area contributed by atoms with E-state index < -0.39 is 11.6 Å². The van der Waals surface area contributed by atoms with Crippen LogP contribution in [-0.4, -0.2) is 9.78 Å². The van der Waals surface area contributed by atoms with E-state index in [0.29, 0.717) is 5.69 Å². The highest BCUT2D eigenvalue weighted by Gasteiger charge is 2.20. The molecule has 6 heteroatoms. The fourth-order valence-corrected chi connectivity index (χ4v) is 1.77. The molecule has 0 amide bonds. The molecule has 0 saturated heterocycles. The number of aromatic nitrogens is 2. The van der Waals surface area contributed by atoms with Crippen LogP contribution in [0.3, 0.4) is 0 Å². The quantitative estimate of drug-likeness (QED) is 0.924. The third-order valence-electron chi connectivity index (χ3n) is 2.91.